The zero-order valence-electron chi connectivity index (χ0n) is 14.9. The van der Waals surface area contributed by atoms with E-state index in [1.54, 1.807) is 0 Å². The van der Waals surface area contributed by atoms with Gasteiger partial charge in [-0.05, 0) is 49.7 Å². The summed E-state index contributed by atoms with van der Waals surface area (Å²) in [6.45, 7) is 3.26. The van der Waals surface area contributed by atoms with E-state index in [1.807, 2.05) is 18.2 Å². The van der Waals surface area contributed by atoms with Crippen LogP contribution in [0.4, 0.5) is 0 Å². The first-order valence-corrected chi connectivity index (χ1v) is 11.6. The van der Waals surface area contributed by atoms with Crippen LogP contribution in [0.15, 0.2) is 18.2 Å². The fraction of sp³-hybridized carbons (Fsp3) is 0.556. The third-order valence-corrected chi connectivity index (χ3v) is 7.89. The van der Waals surface area contributed by atoms with Crippen molar-refractivity contribution in [3.05, 3.63) is 40.4 Å². The molecule has 144 valence electrons. The Bertz CT molecular complexity index is 972. The molecule has 1 aromatic heterocycles. The van der Waals surface area contributed by atoms with E-state index in [0.717, 1.165) is 48.8 Å². The molecule has 2 aromatic rings. The molecule has 0 atom stereocenters. The van der Waals surface area contributed by atoms with E-state index in [0.29, 0.717) is 24.0 Å². The van der Waals surface area contributed by atoms with Crippen molar-refractivity contribution in [2.45, 2.75) is 37.9 Å². The number of aromatic nitrogens is 3. The lowest BCUT2D eigenvalue weighted by molar-refractivity contribution is 0.193. The van der Waals surface area contributed by atoms with E-state index in [1.165, 1.54) is 0 Å². The highest BCUT2D eigenvalue weighted by Gasteiger charge is 2.40. The van der Waals surface area contributed by atoms with Gasteiger partial charge in [0.1, 0.15) is 5.82 Å². The number of nitrogens with one attached hydrogen (secondary N) is 1. The van der Waals surface area contributed by atoms with E-state index in [2.05, 4.69) is 25.0 Å². The van der Waals surface area contributed by atoms with Gasteiger partial charge in [-0.15, -0.1) is 10.2 Å². The maximum Gasteiger partial charge on any atom is 0.153 e. The number of fused-ring (bicyclic) bond motifs is 3. The number of rotatable bonds is 2. The second kappa shape index (κ2) is 6.55. The Labute approximate surface area is 163 Å². The number of piperidine rings is 1. The lowest BCUT2D eigenvalue weighted by Gasteiger charge is -2.35. The summed E-state index contributed by atoms with van der Waals surface area (Å²) >= 11 is 6.28. The molecule has 27 heavy (non-hydrogen) atoms. The predicted molar refractivity (Wildman–Crippen MR) is 103 cm³/mol. The number of nitrogens with zero attached hydrogens (tertiary/aromatic N) is 4. The SMILES string of the molecule is O=S1(=O)CC(N2Cc3cc(Cl)ccc3-n3c(nnc3C3CCNCC3)C2)C1. The maximum absolute atomic E-state index is 11.7. The molecular formula is C18H22ClN5O2S. The fourth-order valence-electron chi connectivity index (χ4n) is 4.40. The minimum Gasteiger partial charge on any atom is -0.317 e. The molecule has 1 aromatic carbocycles. The smallest absolute Gasteiger partial charge is 0.153 e. The molecule has 4 heterocycles. The van der Waals surface area contributed by atoms with Gasteiger partial charge in [0, 0.05) is 23.5 Å². The maximum atomic E-state index is 11.7. The summed E-state index contributed by atoms with van der Waals surface area (Å²) in [5.74, 6) is 2.72. The molecule has 0 aliphatic carbocycles. The van der Waals surface area contributed by atoms with Gasteiger partial charge < -0.3 is 5.32 Å². The Hall–Kier alpha value is -1.48. The quantitative estimate of drug-likeness (QED) is 0.812. The molecule has 2 saturated heterocycles. The number of hydrogen-bond donors (Lipinski definition) is 1. The summed E-state index contributed by atoms with van der Waals surface area (Å²) in [6.07, 6.45) is 2.09. The van der Waals surface area contributed by atoms with Crippen LogP contribution in [0, 0.1) is 0 Å². The summed E-state index contributed by atoms with van der Waals surface area (Å²) in [5.41, 5.74) is 2.16. The monoisotopic (exact) mass is 407 g/mol. The predicted octanol–water partition coefficient (Wildman–Crippen LogP) is 1.50. The molecule has 0 spiro atoms. The average Bonchev–Trinajstić information content (AvgIpc) is 2.96. The van der Waals surface area contributed by atoms with Crippen molar-refractivity contribution in [3.63, 3.8) is 0 Å². The summed E-state index contributed by atoms with van der Waals surface area (Å²) < 4.78 is 25.6. The van der Waals surface area contributed by atoms with Crippen LogP contribution in [0.5, 0.6) is 0 Å². The van der Waals surface area contributed by atoms with E-state index in [9.17, 15) is 8.42 Å². The number of hydrogen-bond acceptors (Lipinski definition) is 6. The minimum absolute atomic E-state index is 0.0346. The fourth-order valence-corrected chi connectivity index (χ4v) is 6.09. The van der Waals surface area contributed by atoms with Crippen molar-refractivity contribution in [3.8, 4) is 5.69 Å². The van der Waals surface area contributed by atoms with Crippen LogP contribution in [0.1, 0.15) is 36.0 Å². The molecule has 2 fully saturated rings. The van der Waals surface area contributed by atoms with Gasteiger partial charge in [-0.2, -0.15) is 0 Å². The first kappa shape index (κ1) is 17.6. The summed E-state index contributed by atoms with van der Waals surface area (Å²) in [4.78, 5) is 2.20. The van der Waals surface area contributed by atoms with Gasteiger partial charge in [0.15, 0.2) is 15.7 Å². The van der Waals surface area contributed by atoms with Crippen LogP contribution < -0.4 is 5.32 Å². The van der Waals surface area contributed by atoms with Crippen LogP contribution in [0.3, 0.4) is 0 Å². The van der Waals surface area contributed by atoms with Gasteiger partial charge in [-0.25, -0.2) is 8.42 Å². The third kappa shape index (κ3) is 3.18. The van der Waals surface area contributed by atoms with Gasteiger partial charge in [-0.1, -0.05) is 11.6 Å². The van der Waals surface area contributed by atoms with Crippen molar-refractivity contribution in [1.29, 1.82) is 0 Å². The van der Waals surface area contributed by atoms with Crippen molar-refractivity contribution >= 4 is 21.4 Å². The topological polar surface area (TPSA) is 80.1 Å². The van der Waals surface area contributed by atoms with E-state index in [-0.39, 0.29) is 17.5 Å². The Morgan fingerprint density at radius 1 is 1.11 bits per heavy atom. The van der Waals surface area contributed by atoms with Gasteiger partial charge in [-0.3, -0.25) is 9.47 Å². The summed E-state index contributed by atoms with van der Waals surface area (Å²) in [7, 11) is -2.88. The van der Waals surface area contributed by atoms with Gasteiger partial charge >= 0.3 is 0 Å². The normalized spacial score (nSPS) is 23.3. The molecule has 1 N–H and O–H groups in total. The molecule has 0 amide bonds. The molecule has 0 radical (unpaired) electrons. The number of halogens is 1. The van der Waals surface area contributed by atoms with Crippen molar-refractivity contribution in [2.75, 3.05) is 24.6 Å². The molecule has 3 aliphatic rings. The Morgan fingerprint density at radius 3 is 2.63 bits per heavy atom. The van der Waals surface area contributed by atoms with E-state index < -0.39 is 9.84 Å². The second-order valence-electron chi connectivity index (χ2n) is 7.74. The highest BCUT2D eigenvalue weighted by atomic mass is 35.5. The third-order valence-electron chi connectivity index (χ3n) is 5.87. The first-order valence-electron chi connectivity index (χ1n) is 9.38. The van der Waals surface area contributed by atoms with Crippen molar-refractivity contribution < 1.29 is 8.42 Å². The van der Waals surface area contributed by atoms with Crippen LogP contribution in [-0.2, 0) is 22.9 Å². The van der Waals surface area contributed by atoms with Gasteiger partial charge in [0.05, 0.1) is 23.7 Å². The minimum atomic E-state index is -2.88. The standard InChI is InChI=1S/C18H22ClN5O2S/c19-14-1-2-16-13(7-14)8-23(15-10-27(25,26)11-15)9-17-21-22-18(24(16)17)12-3-5-20-6-4-12/h1-2,7,12,15,20H,3-6,8-11H2. The van der Waals surface area contributed by atoms with Crippen LogP contribution in [-0.4, -0.2) is 58.7 Å². The van der Waals surface area contributed by atoms with Crippen LogP contribution >= 0.6 is 11.6 Å². The first-order chi connectivity index (χ1) is 13.0. The molecule has 5 rings (SSSR count). The van der Waals surface area contributed by atoms with Crippen LogP contribution in [0.2, 0.25) is 5.02 Å². The number of sulfone groups is 1. The number of benzene rings is 1. The molecule has 0 unspecified atom stereocenters. The Kier molecular flexibility index (Phi) is 4.27. The van der Waals surface area contributed by atoms with E-state index >= 15 is 0 Å². The zero-order valence-corrected chi connectivity index (χ0v) is 16.5. The summed E-state index contributed by atoms with van der Waals surface area (Å²) in [5, 5.41) is 13.2. The molecule has 0 bridgehead atoms. The highest BCUT2D eigenvalue weighted by molar-refractivity contribution is 7.92. The van der Waals surface area contributed by atoms with E-state index in [4.69, 9.17) is 11.6 Å². The van der Waals surface area contributed by atoms with Crippen LogP contribution in [0.25, 0.3) is 5.69 Å². The largest absolute Gasteiger partial charge is 0.317 e. The van der Waals surface area contributed by atoms with Gasteiger partial charge in [0.25, 0.3) is 0 Å². The lowest BCUT2D eigenvalue weighted by Crippen LogP contribution is -2.52. The van der Waals surface area contributed by atoms with Crippen molar-refractivity contribution in [1.82, 2.24) is 25.0 Å². The molecule has 3 aliphatic heterocycles. The van der Waals surface area contributed by atoms with Gasteiger partial charge in [0.2, 0.25) is 0 Å². The van der Waals surface area contributed by atoms with Crippen molar-refractivity contribution in [2.24, 2.45) is 0 Å². The highest BCUT2D eigenvalue weighted by Crippen LogP contribution is 2.34. The molecule has 9 heteroatoms. The molecule has 7 nitrogen and oxygen atoms in total. The Morgan fingerprint density at radius 2 is 1.89 bits per heavy atom. The second-order valence-corrected chi connectivity index (χ2v) is 10.3. The lowest BCUT2D eigenvalue weighted by atomic mass is 9.97. The average molecular weight is 408 g/mol. The molecule has 0 saturated carbocycles. The molecular weight excluding hydrogens is 386 g/mol. The Balaban J connectivity index is 1.58. The summed E-state index contributed by atoms with van der Waals surface area (Å²) in [6, 6.07) is 5.96. The zero-order chi connectivity index (χ0) is 18.6.